The highest BCUT2D eigenvalue weighted by Gasteiger charge is 2.29. The Labute approximate surface area is 165 Å². The van der Waals surface area contributed by atoms with Crippen LogP contribution in [0.5, 0.6) is 0 Å². The molecule has 29 heavy (non-hydrogen) atoms. The van der Waals surface area contributed by atoms with Crippen LogP contribution < -0.4 is 10.6 Å². The number of aromatic nitrogens is 2. The highest BCUT2D eigenvalue weighted by molar-refractivity contribution is 6.08. The minimum absolute atomic E-state index is 0.0524. The second-order valence-corrected chi connectivity index (χ2v) is 6.68. The first-order valence-electron chi connectivity index (χ1n) is 8.85. The molecule has 8 heteroatoms. The summed E-state index contributed by atoms with van der Waals surface area (Å²) in [6, 6.07) is 12.6. The van der Waals surface area contributed by atoms with Gasteiger partial charge in [0, 0.05) is 5.69 Å². The number of carbonyl (C=O) groups excluding carboxylic acids is 1. The molecule has 1 aliphatic rings. The molecule has 1 unspecified atom stereocenters. The van der Waals surface area contributed by atoms with E-state index in [-0.39, 0.29) is 22.8 Å². The molecular formula is C21H17FN4O3. The number of aryl methyl sites for hydroxylation is 1. The number of nitrogens with one attached hydrogen (secondary N) is 2. The van der Waals surface area contributed by atoms with E-state index in [1.54, 1.807) is 16.8 Å². The van der Waals surface area contributed by atoms with E-state index in [4.69, 9.17) is 0 Å². The maximum absolute atomic E-state index is 13.4. The van der Waals surface area contributed by atoms with Crippen LogP contribution >= 0.6 is 0 Å². The number of fused-ring (bicyclic) bond motifs is 1. The van der Waals surface area contributed by atoms with E-state index in [9.17, 15) is 19.1 Å². The normalized spacial score (nSPS) is 15.1. The van der Waals surface area contributed by atoms with Gasteiger partial charge in [-0.15, -0.1) is 0 Å². The smallest absolute Gasteiger partial charge is 0.352 e. The molecule has 0 bridgehead atoms. The number of rotatable bonds is 4. The molecule has 4 rings (SSSR count). The summed E-state index contributed by atoms with van der Waals surface area (Å²) in [5.74, 6) is -1.90. The molecule has 1 amide bonds. The van der Waals surface area contributed by atoms with Crippen LogP contribution in [-0.4, -0.2) is 26.8 Å². The molecule has 0 fully saturated rings. The molecule has 146 valence electrons. The van der Waals surface area contributed by atoms with Crippen molar-refractivity contribution in [2.45, 2.75) is 13.0 Å². The molecule has 0 saturated heterocycles. The molecular weight excluding hydrogens is 375 g/mol. The summed E-state index contributed by atoms with van der Waals surface area (Å²) >= 11 is 0. The molecule has 0 saturated carbocycles. The largest absolute Gasteiger partial charge is 0.477 e. The van der Waals surface area contributed by atoms with E-state index in [1.807, 2.05) is 31.2 Å². The number of hydrogen-bond donors (Lipinski definition) is 3. The molecule has 1 aliphatic heterocycles. The molecule has 1 aromatic heterocycles. The summed E-state index contributed by atoms with van der Waals surface area (Å²) in [6.07, 6.45) is 2.90. The summed E-state index contributed by atoms with van der Waals surface area (Å²) in [5, 5.41) is 19.2. The van der Waals surface area contributed by atoms with Gasteiger partial charge in [0.05, 0.1) is 12.2 Å². The minimum atomic E-state index is -1.15. The van der Waals surface area contributed by atoms with Crippen molar-refractivity contribution in [2.24, 2.45) is 0 Å². The number of amides is 1. The maximum atomic E-state index is 13.4. The Morgan fingerprint density at radius 3 is 2.66 bits per heavy atom. The highest BCUT2D eigenvalue weighted by atomic mass is 19.1. The van der Waals surface area contributed by atoms with E-state index in [0.29, 0.717) is 0 Å². The van der Waals surface area contributed by atoms with Gasteiger partial charge in [0.1, 0.15) is 22.9 Å². The number of allylic oxidation sites excluding steroid dienone is 1. The quantitative estimate of drug-likeness (QED) is 0.631. The molecule has 1 atom stereocenters. The van der Waals surface area contributed by atoms with Crippen LogP contribution in [0.4, 0.5) is 15.9 Å². The average molecular weight is 392 g/mol. The van der Waals surface area contributed by atoms with Gasteiger partial charge in [0.2, 0.25) is 0 Å². The van der Waals surface area contributed by atoms with Gasteiger partial charge in [-0.05, 0) is 36.8 Å². The molecule has 3 N–H and O–H groups in total. The number of benzene rings is 2. The van der Waals surface area contributed by atoms with Crippen LogP contribution in [0.15, 0.2) is 66.5 Å². The van der Waals surface area contributed by atoms with Gasteiger partial charge < -0.3 is 15.7 Å². The number of carboxylic acid groups (broad SMARTS) is 1. The number of nitrogens with zero attached hydrogens (tertiary/aromatic N) is 2. The first kappa shape index (κ1) is 18.4. The van der Waals surface area contributed by atoms with E-state index in [1.165, 1.54) is 24.4 Å². The van der Waals surface area contributed by atoms with Gasteiger partial charge in [-0.3, -0.25) is 4.79 Å². The topological polar surface area (TPSA) is 96.2 Å². The molecule has 0 aliphatic carbocycles. The Balaban J connectivity index is 1.72. The SMILES string of the molecule is Cc1ccc(C2C=C(C(=O)O)Nc3c(C(=O)Nc4cccc(F)c4)cnn32)cc1. The van der Waals surface area contributed by atoms with Gasteiger partial charge in [-0.1, -0.05) is 35.9 Å². The summed E-state index contributed by atoms with van der Waals surface area (Å²) in [6.45, 7) is 1.96. The zero-order chi connectivity index (χ0) is 20.5. The van der Waals surface area contributed by atoms with E-state index >= 15 is 0 Å². The number of anilines is 2. The monoisotopic (exact) mass is 392 g/mol. The standard InChI is InChI=1S/C21H17FN4O3/c1-12-5-7-13(8-6-12)18-10-17(21(28)29)25-19-16(11-23-26(18)19)20(27)24-15-4-2-3-14(22)9-15/h2-11,18,25H,1H3,(H,24,27)(H,28,29). The lowest BCUT2D eigenvalue weighted by atomic mass is 10.0. The Morgan fingerprint density at radius 1 is 1.21 bits per heavy atom. The number of hydrogen-bond acceptors (Lipinski definition) is 4. The van der Waals surface area contributed by atoms with Crippen LogP contribution in [0, 0.1) is 12.7 Å². The van der Waals surface area contributed by atoms with Gasteiger partial charge in [-0.25, -0.2) is 13.9 Å². The predicted molar refractivity (Wildman–Crippen MR) is 105 cm³/mol. The molecule has 7 nitrogen and oxygen atoms in total. The third-order valence-corrected chi connectivity index (χ3v) is 4.61. The number of aliphatic carboxylic acids is 1. The van der Waals surface area contributed by atoms with Crippen molar-refractivity contribution < 1.29 is 19.1 Å². The van der Waals surface area contributed by atoms with Gasteiger partial charge >= 0.3 is 5.97 Å². The average Bonchev–Trinajstić information content (AvgIpc) is 3.12. The third kappa shape index (κ3) is 3.60. The van der Waals surface area contributed by atoms with Crippen molar-refractivity contribution in [1.82, 2.24) is 9.78 Å². The van der Waals surface area contributed by atoms with Crippen LogP contribution in [0.1, 0.15) is 27.5 Å². The van der Waals surface area contributed by atoms with Gasteiger partial charge in [0.25, 0.3) is 5.91 Å². The molecule has 2 aromatic carbocycles. The van der Waals surface area contributed by atoms with Gasteiger partial charge in [0.15, 0.2) is 0 Å². The second-order valence-electron chi connectivity index (χ2n) is 6.68. The first-order chi connectivity index (χ1) is 13.9. The van der Waals surface area contributed by atoms with Crippen molar-refractivity contribution in [1.29, 1.82) is 0 Å². The number of halogens is 1. The lowest BCUT2D eigenvalue weighted by Crippen LogP contribution is -2.25. The lowest BCUT2D eigenvalue weighted by molar-refractivity contribution is -0.132. The Bertz CT molecular complexity index is 1140. The summed E-state index contributed by atoms with van der Waals surface area (Å²) in [7, 11) is 0. The number of carboxylic acids is 1. The molecule has 0 radical (unpaired) electrons. The van der Waals surface area contributed by atoms with E-state index in [2.05, 4.69) is 15.7 Å². The second kappa shape index (κ2) is 7.23. The highest BCUT2D eigenvalue weighted by Crippen LogP contribution is 2.32. The maximum Gasteiger partial charge on any atom is 0.352 e. The third-order valence-electron chi connectivity index (χ3n) is 4.61. The van der Waals surface area contributed by atoms with Crippen molar-refractivity contribution in [3.63, 3.8) is 0 Å². The Morgan fingerprint density at radius 2 is 1.97 bits per heavy atom. The van der Waals surface area contributed by atoms with Gasteiger partial charge in [-0.2, -0.15) is 5.10 Å². The van der Waals surface area contributed by atoms with Crippen molar-refractivity contribution in [3.05, 3.63) is 89.0 Å². The van der Waals surface area contributed by atoms with Crippen LogP contribution in [0.3, 0.4) is 0 Å². The van der Waals surface area contributed by atoms with Crippen molar-refractivity contribution in [2.75, 3.05) is 10.6 Å². The fourth-order valence-corrected chi connectivity index (χ4v) is 3.15. The molecule has 0 spiro atoms. The summed E-state index contributed by atoms with van der Waals surface area (Å²) < 4.78 is 14.9. The lowest BCUT2D eigenvalue weighted by Gasteiger charge is -2.24. The summed E-state index contributed by atoms with van der Waals surface area (Å²) in [4.78, 5) is 24.4. The summed E-state index contributed by atoms with van der Waals surface area (Å²) in [5.41, 5.74) is 2.29. The fourth-order valence-electron chi connectivity index (χ4n) is 3.15. The first-order valence-corrected chi connectivity index (χ1v) is 8.85. The zero-order valence-corrected chi connectivity index (χ0v) is 15.4. The van der Waals surface area contributed by atoms with E-state index < -0.39 is 23.7 Å². The molecule has 2 heterocycles. The Hall–Kier alpha value is -3.94. The fraction of sp³-hybridized carbons (Fsp3) is 0.0952. The number of carbonyl (C=O) groups is 2. The predicted octanol–water partition coefficient (Wildman–Crippen LogP) is 3.57. The van der Waals surface area contributed by atoms with Crippen molar-refractivity contribution >= 4 is 23.4 Å². The Kier molecular flexibility index (Phi) is 4.59. The van der Waals surface area contributed by atoms with Crippen LogP contribution in [0.2, 0.25) is 0 Å². The van der Waals surface area contributed by atoms with Crippen molar-refractivity contribution in [3.8, 4) is 0 Å². The molecule has 3 aromatic rings. The van der Waals surface area contributed by atoms with Crippen LogP contribution in [0.25, 0.3) is 0 Å². The minimum Gasteiger partial charge on any atom is -0.477 e. The van der Waals surface area contributed by atoms with E-state index in [0.717, 1.165) is 11.1 Å². The zero-order valence-electron chi connectivity index (χ0n) is 15.4. The van der Waals surface area contributed by atoms with Crippen LogP contribution in [-0.2, 0) is 4.79 Å².